The average molecular weight is 402 g/mol. The van der Waals surface area contributed by atoms with Gasteiger partial charge in [-0.15, -0.1) is 0 Å². The Kier molecular flexibility index (Phi) is 3.97. The summed E-state index contributed by atoms with van der Waals surface area (Å²) in [6.07, 6.45) is 7.07. The molecule has 0 spiro atoms. The van der Waals surface area contributed by atoms with Gasteiger partial charge in [0.2, 0.25) is 0 Å². The van der Waals surface area contributed by atoms with E-state index < -0.39 is 17.7 Å². The van der Waals surface area contributed by atoms with E-state index in [9.17, 15) is 14.3 Å². The summed E-state index contributed by atoms with van der Waals surface area (Å²) in [5.74, 6) is -1.25. The molecule has 3 aromatic rings. The number of halogens is 2. The van der Waals surface area contributed by atoms with Crippen molar-refractivity contribution in [1.82, 2.24) is 19.9 Å². The van der Waals surface area contributed by atoms with Crippen molar-refractivity contribution in [3.05, 3.63) is 35.5 Å². The summed E-state index contributed by atoms with van der Waals surface area (Å²) >= 11 is 6.04. The highest BCUT2D eigenvalue weighted by atomic mass is 35.5. The quantitative estimate of drug-likeness (QED) is 0.615. The topological polar surface area (TPSA) is 104 Å². The Hall–Kier alpha value is -2.74. The van der Waals surface area contributed by atoms with E-state index in [0.717, 1.165) is 30.8 Å². The highest BCUT2D eigenvalue weighted by Crippen LogP contribution is 2.49. The third kappa shape index (κ3) is 2.71. The number of anilines is 1. The highest BCUT2D eigenvalue weighted by molar-refractivity contribution is 6.31. The molecular formula is C19H17ClFN5O2. The van der Waals surface area contributed by atoms with Gasteiger partial charge in [0.1, 0.15) is 5.65 Å². The minimum atomic E-state index is -0.836. The van der Waals surface area contributed by atoms with Crippen molar-refractivity contribution >= 4 is 34.4 Å². The molecule has 0 aromatic carbocycles. The zero-order chi connectivity index (χ0) is 19.4. The molecule has 3 N–H and O–H groups in total. The van der Waals surface area contributed by atoms with Crippen LogP contribution in [0.3, 0.4) is 0 Å². The number of nitrogens with one attached hydrogen (secondary N) is 2. The molecule has 0 saturated heterocycles. The van der Waals surface area contributed by atoms with Crippen LogP contribution >= 0.6 is 11.6 Å². The largest absolute Gasteiger partial charge is 0.481 e. The average Bonchev–Trinajstić information content (AvgIpc) is 3.37. The molecule has 3 heterocycles. The third-order valence-corrected chi connectivity index (χ3v) is 6.19. The molecule has 28 heavy (non-hydrogen) atoms. The lowest BCUT2D eigenvalue weighted by atomic mass is 9.84. The maximum Gasteiger partial charge on any atom is 0.308 e. The van der Waals surface area contributed by atoms with Crippen LogP contribution < -0.4 is 5.32 Å². The van der Waals surface area contributed by atoms with E-state index in [1.807, 2.05) is 0 Å². The third-order valence-electron chi connectivity index (χ3n) is 5.99. The van der Waals surface area contributed by atoms with Crippen molar-refractivity contribution in [3.8, 4) is 11.4 Å². The minimum Gasteiger partial charge on any atom is -0.481 e. The van der Waals surface area contributed by atoms with Crippen molar-refractivity contribution < 1.29 is 14.3 Å². The number of nitrogens with zero attached hydrogens (tertiary/aromatic N) is 3. The van der Waals surface area contributed by atoms with E-state index in [2.05, 4.69) is 25.3 Å². The summed E-state index contributed by atoms with van der Waals surface area (Å²) < 4.78 is 14.4. The number of pyridine rings is 1. The Morgan fingerprint density at radius 3 is 2.93 bits per heavy atom. The Morgan fingerprint density at radius 2 is 2.11 bits per heavy atom. The summed E-state index contributed by atoms with van der Waals surface area (Å²) in [4.78, 5) is 27.4. The molecule has 2 fully saturated rings. The number of carboxylic acid groups (broad SMARTS) is 1. The van der Waals surface area contributed by atoms with Crippen LogP contribution in [0.4, 0.5) is 10.2 Å². The summed E-state index contributed by atoms with van der Waals surface area (Å²) in [6.45, 7) is 0. The van der Waals surface area contributed by atoms with Gasteiger partial charge in [-0.2, -0.15) is 0 Å². The molecule has 0 amide bonds. The van der Waals surface area contributed by atoms with Crippen LogP contribution in [0.2, 0.25) is 5.02 Å². The lowest BCUT2D eigenvalue weighted by Crippen LogP contribution is -2.39. The zero-order valence-corrected chi connectivity index (χ0v) is 15.4. The lowest BCUT2D eigenvalue weighted by molar-refractivity contribution is -0.143. The van der Waals surface area contributed by atoms with Gasteiger partial charge in [0, 0.05) is 29.4 Å². The number of carbonyl (C=O) groups is 1. The van der Waals surface area contributed by atoms with E-state index in [4.69, 9.17) is 11.6 Å². The van der Waals surface area contributed by atoms with E-state index in [1.54, 1.807) is 12.3 Å². The van der Waals surface area contributed by atoms with Crippen molar-refractivity contribution in [2.24, 2.45) is 17.8 Å². The molecule has 2 saturated carbocycles. The number of rotatable bonds is 4. The molecule has 144 valence electrons. The Labute approximate surface area is 164 Å². The first-order chi connectivity index (χ1) is 13.5. The highest BCUT2D eigenvalue weighted by Gasteiger charge is 2.51. The van der Waals surface area contributed by atoms with E-state index in [0.29, 0.717) is 22.1 Å². The molecule has 9 heteroatoms. The number of aromatic nitrogens is 4. The normalized spacial score (nSPS) is 26.1. The number of aliphatic carboxylic acids is 1. The second-order valence-corrected chi connectivity index (χ2v) is 7.95. The van der Waals surface area contributed by atoms with E-state index in [-0.39, 0.29) is 23.7 Å². The molecule has 4 atom stereocenters. The standard InChI is InChI=1S/C19H17ClFN5O2/c20-10-4-11-12(6-23-16(11)22-5-10)17-24-7-13(21)18(26-17)25-15-9-2-1-8(3-9)14(15)19(27)28/h4-9,14-15H,1-3H2,(H,22,23)(H,27,28)(H,24,25,26)/t8?,9-,14-,15?/m0/s1. The number of hydrogen-bond acceptors (Lipinski definition) is 5. The fourth-order valence-electron chi connectivity index (χ4n) is 4.77. The van der Waals surface area contributed by atoms with Gasteiger partial charge in [-0.25, -0.2) is 19.3 Å². The first kappa shape index (κ1) is 17.4. The molecule has 0 radical (unpaired) electrons. The van der Waals surface area contributed by atoms with Crippen LogP contribution in [-0.4, -0.2) is 37.1 Å². The van der Waals surface area contributed by atoms with Crippen molar-refractivity contribution in [2.45, 2.75) is 25.3 Å². The fraction of sp³-hybridized carbons (Fsp3) is 0.368. The van der Waals surface area contributed by atoms with Gasteiger partial charge in [0.15, 0.2) is 17.5 Å². The molecule has 7 nitrogen and oxygen atoms in total. The first-order valence-electron chi connectivity index (χ1n) is 9.16. The summed E-state index contributed by atoms with van der Waals surface area (Å²) in [5.41, 5.74) is 1.27. The second kappa shape index (κ2) is 6.41. The molecule has 2 aliphatic carbocycles. The van der Waals surface area contributed by atoms with E-state index in [1.165, 1.54) is 6.20 Å². The summed E-state index contributed by atoms with van der Waals surface area (Å²) in [5, 5.41) is 13.9. The molecule has 2 unspecified atom stereocenters. The van der Waals surface area contributed by atoms with Crippen LogP contribution in [0.1, 0.15) is 19.3 Å². The number of fused-ring (bicyclic) bond motifs is 3. The number of aromatic amines is 1. The van der Waals surface area contributed by atoms with Crippen molar-refractivity contribution in [1.29, 1.82) is 0 Å². The lowest BCUT2D eigenvalue weighted by Gasteiger charge is -2.29. The van der Waals surface area contributed by atoms with Gasteiger partial charge < -0.3 is 15.4 Å². The van der Waals surface area contributed by atoms with Gasteiger partial charge in [0.05, 0.1) is 17.1 Å². The number of carboxylic acids is 1. The molecular weight excluding hydrogens is 385 g/mol. The van der Waals surface area contributed by atoms with Crippen LogP contribution in [0, 0.1) is 23.6 Å². The molecule has 3 aromatic heterocycles. The molecule has 0 aliphatic heterocycles. The number of H-pyrrole nitrogens is 1. The van der Waals surface area contributed by atoms with Gasteiger partial charge in [-0.1, -0.05) is 11.6 Å². The van der Waals surface area contributed by atoms with Crippen LogP contribution in [-0.2, 0) is 4.79 Å². The van der Waals surface area contributed by atoms with Gasteiger partial charge in [-0.05, 0) is 37.2 Å². The fourth-order valence-corrected chi connectivity index (χ4v) is 4.93. The monoisotopic (exact) mass is 401 g/mol. The zero-order valence-electron chi connectivity index (χ0n) is 14.7. The SMILES string of the molecule is O=C(O)[C@H]1C2CC[C@@H](C2)C1Nc1nc(-c2c[nH]c3ncc(Cl)cc23)ncc1F. The predicted octanol–water partition coefficient (Wildman–Crippen LogP) is 3.72. The summed E-state index contributed by atoms with van der Waals surface area (Å²) in [6, 6.07) is 1.42. The van der Waals surface area contributed by atoms with Crippen molar-refractivity contribution in [2.75, 3.05) is 5.32 Å². The number of hydrogen-bond donors (Lipinski definition) is 3. The Bertz CT molecular complexity index is 1090. The smallest absolute Gasteiger partial charge is 0.308 e. The Morgan fingerprint density at radius 1 is 1.29 bits per heavy atom. The van der Waals surface area contributed by atoms with Gasteiger partial charge in [-0.3, -0.25) is 4.79 Å². The van der Waals surface area contributed by atoms with Gasteiger partial charge in [0.25, 0.3) is 0 Å². The Balaban J connectivity index is 1.51. The predicted molar refractivity (Wildman–Crippen MR) is 101 cm³/mol. The van der Waals surface area contributed by atoms with Crippen molar-refractivity contribution in [3.63, 3.8) is 0 Å². The summed E-state index contributed by atoms with van der Waals surface area (Å²) in [7, 11) is 0. The van der Waals surface area contributed by atoms with Crippen LogP contribution in [0.5, 0.6) is 0 Å². The maximum absolute atomic E-state index is 14.4. The first-order valence-corrected chi connectivity index (χ1v) is 9.54. The molecule has 2 bridgehead atoms. The van der Waals surface area contributed by atoms with Crippen LogP contribution in [0.15, 0.2) is 24.7 Å². The minimum absolute atomic E-state index is 0.0261. The molecule has 5 rings (SSSR count). The van der Waals surface area contributed by atoms with Crippen LogP contribution in [0.25, 0.3) is 22.4 Å². The second-order valence-electron chi connectivity index (χ2n) is 7.51. The maximum atomic E-state index is 14.4. The van der Waals surface area contributed by atoms with Gasteiger partial charge >= 0.3 is 5.97 Å². The van der Waals surface area contributed by atoms with E-state index >= 15 is 0 Å². The molecule has 2 aliphatic rings.